The number of carboxylic acid groups (broad SMARTS) is 2. The Labute approximate surface area is 570 Å². The summed E-state index contributed by atoms with van der Waals surface area (Å²) in [7, 11) is 1.54. The predicted octanol–water partition coefficient (Wildman–Crippen LogP) is 18.9. The number of aromatic carboxylic acids is 1. The highest BCUT2D eigenvalue weighted by Gasteiger charge is 2.56. The minimum Gasteiger partial charge on any atom is -0.481 e. The summed E-state index contributed by atoms with van der Waals surface area (Å²) < 4.78 is 43.5. The van der Waals surface area contributed by atoms with Crippen molar-refractivity contribution in [1.29, 1.82) is 0 Å². The van der Waals surface area contributed by atoms with E-state index >= 15 is 0 Å². The molecule has 0 spiro atoms. The number of fused-ring (bicyclic) bond motifs is 15. The van der Waals surface area contributed by atoms with Crippen LogP contribution in [-0.4, -0.2) is 97.1 Å². The molecule has 13 nitrogen and oxygen atoms in total. The van der Waals surface area contributed by atoms with Crippen LogP contribution < -0.4 is 4.72 Å². The molecule has 15 aliphatic rings. The Morgan fingerprint density at radius 2 is 0.766 bits per heavy atom. The summed E-state index contributed by atoms with van der Waals surface area (Å²) in [5, 5.41) is 28.2. The fraction of sp³-hybridized carbons (Fsp3) is 0.861. The van der Waals surface area contributed by atoms with Crippen molar-refractivity contribution in [3.8, 4) is 0 Å². The second-order valence-corrected chi connectivity index (χ2v) is 37.8. The number of alkyl halides is 1. The van der Waals surface area contributed by atoms with Gasteiger partial charge in [0.25, 0.3) is 0 Å². The van der Waals surface area contributed by atoms with Crippen LogP contribution in [-0.2, 0) is 33.9 Å². The number of carboxylic acids is 2. The first-order valence-electron chi connectivity index (χ1n) is 37.4. The quantitative estimate of drug-likeness (QED) is 0.102. The molecule has 94 heavy (non-hydrogen) atoms. The number of rotatable bonds is 18. The molecule has 0 unspecified atom stereocenters. The molecular weight excluding hydrogens is 1200 g/mol. The van der Waals surface area contributed by atoms with Crippen molar-refractivity contribution in [1.82, 2.24) is 9.62 Å². The third kappa shape index (κ3) is 20.5. The standard InChI is InChI=1S/C14H25NO3S.C14H19NO3.C14H24O2.C13H22O2.C12H21F.C12H22O/c1-11(2)10-13-4-7-14(8-5-13,9-6-13)12(16)15-19(3,17)18;1-9(2)12(13(16)15(3)4)10-5-7-11(8-6-10)14(17)18;1-11(2)10-13-4-7-14(8-5-13,9-6-13)12(15)16-3;1-10(2)9-12-3-6-13(7-4-12,8-5-12)11(14)15;2*1-10(2)9-11-3-6-12(13,7-4-11)8-5-11/h11H,4-10H2,1-3H3,(H,15,16);5-9,12H,1-4H3,(H,17,18);11H,4-10H2,1-3H3;10H,3-9H2,1-2H3,(H,14,15);10H,3-9H2,1-2H3;10,13H,3-9H2,1-2H3/t;12-;;;;/m.1..../s1. The zero-order chi connectivity index (χ0) is 70.2. The molecule has 0 radical (unpaired) electrons. The van der Waals surface area contributed by atoms with Gasteiger partial charge >= 0.3 is 17.9 Å². The van der Waals surface area contributed by atoms with Crippen molar-refractivity contribution in [3.05, 3.63) is 35.4 Å². The Bertz CT molecular complexity index is 2630. The SMILES string of the molecule is CC(C)CC12CCC(C(=O)NS(C)(=O)=O)(CC1)CC2.CC(C)CC12CCC(C(=O)O)(CC1)CC2.CC(C)CC12CCC(F)(CC1)CC2.CC(C)CC12CCC(O)(CC1)CC2.CC(C)[C@@H](C(=O)N(C)C)c1ccc(C(=O)O)cc1.COC(=O)C12CCC(CC(C)C)(CC1)CC2. The van der Waals surface area contributed by atoms with Gasteiger partial charge < -0.3 is 25.0 Å². The highest BCUT2D eigenvalue weighted by molar-refractivity contribution is 7.89. The molecule has 15 saturated carbocycles. The zero-order valence-electron chi connectivity index (χ0n) is 61.9. The lowest BCUT2D eigenvalue weighted by atomic mass is 9.52. The molecule has 538 valence electrons. The van der Waals surface area contributed by atoms with Crippen LogP contribution in [0.5, 0.6) is 0 Å². The average molecular weight is 1340 g/mol. The van der Waals surface area contributed by atoms with Crippen LogP contribution >= 0.6 is 0 Å². The Balaban J connectivity index is 0.000000180. The molecule has 16 rings (SSSR count). The molecule has 0 aromatic heterocycles. The normalized spacial score (nSPS) is 34.3. The van der Waals surface area contributed by atoms with E-state index < -0.39 is 33.0 Å². The number of esters is 1. The first kappa shape index (κ1) is 79.4. The van der Waals surface area contributed by atoms with E-state index in [-0.39, 0.29) is 51.6 Å². The number of nitrogens with zero attached hydrogens (tertiary/aromatic N) is 1. The summed E-state index contributed by atoms with van der Waals surface area (Å²) in [4.78, 5) is 59.8. The van der Waals surface area contributed by atoms with Crippen molar-refractivity contribution < 1.29 is 56.8 Å². The third-order valence-corrected chi connectivity index (χ3v) is 26.4. The first-order chi connectivity index (χ1) is 43.6. The monoisotopic (exact) mass is 1340 g/mol. The minimum absolute atomic E-state index is 0.0353. The molecule has 10 bridgehead atoms. The molecule has 0 aliphatic heterocycles. The predicted molar refractivity (Wildman–Crippen MR) is 376 cm³/mol. The van der Waals surface area contributed by atoms with Gasteiger partial charge in [0, 0.05) is 14.1 Å². The van der Waals surface area contributed by atoms with Crippen molar-refractivity contribution in [3.63, 3.8) is 0 Å². The number of carbonyl (C=O) groups is 5. The smallest absolute Gasteiger partial charge is 0.335 e. The zero-order valence-corrected chi connectivity index (χ0v) is 62.8. The third-order valence-electron chi connectivity index (χ3n) is 25.8. The Hall–Kier alpha value is -3.59. The van der Waals surface area contributed by atoms with Crippen LogP contribution in [0.25, 0.3) is 0 Å². The molecule has 0 heterocycles. The fourth-order valence-electron chi connectivity index (χ4n) is 20.5. The molecule has 15 heteroatoms. The number of aliphatic hydroxyl groups is 1. The van der Waals surface area contributed by atoms with E-state index in [4.69, 9.17) is 9.84 Å². The number of benzene rings is 1. The Morgan fingerprint density at radius 1 is 0.479 bits per heavy atom. The van der Waals surface area contributed by atoms with Crippen LogP contribution in [0.4, 0.5) is 4.39 Å². The minimum atomic E-state index is -3.44. The second-order valence-electron chi connectivity index (χ2n) is 36.1. The Kier molecular flexibility index (Phi) is 26.8. The molecule has 4 N–H and O–H groups in total. The van der Waals surface area contributed by atoms with Crippen LogP contribution in [0.2, 0.25) is 0 Å². The van der Waals surface area contributed by atoms with E-state index in [2.05, 4.69) is 74.0 Å². The van der Waals surface area contributed by atoms with Crippen molar-refractivity contribution in [2.45, 2.75) is 325 Å². The molecule has 1 aromatic carbocycles. The van der Waals surface area contributed by atoms with Crippen LogP contribution in [0.15, 0.2) is 24.3 Å². The van der Waals surface area contributed by atoms with E-state index in [0.29, 0.717) is 33.0 Å². The summed E-state index contributed by atoms with van der Waals surface area (Å²) in [6.07, 6.45) is 39.6. The van der Waals surface area contributed by atoms with Crippen LogP contribution in [0, 0.1) is 78.8 Å². The topological polar surface area (TPSA) is 205 Å². The molecular formula is C79H133FN2O11S. The number of likely N-dealkylation sites (N-methyl/N-ethyl adjacent to an activating group) is 1. The second kappa shape index (κ2) is 31.7. The number of methoxy groups -OCH3 is 1. The lowest BCUT2D eigenvalue weighted by molar-refractivity contribution is -0.163. The molecule has 1 atom stereocenters. The number of sulfonamides is 1. The number of aliphatic carboxylic acids is 1. The summed E-state index contributed by atoms with van der Waals surface area (Å²) in [5.74, 6) is 2.07. The number of hydrogen-bond acceptors (Lipinski definition) is 9. The van der Waals surface area contributed by atoms with E-state index in [1.54, 1.807) is 31.1 Å². The van der Waals surface area contributed by atoms with Crippen molar-refractivity contribution >= 4 is 39.7 Å². The van der Waals surface area contributed by atoms with Gasteiger partial charge in [-0.15, -0.1) is 0 Å². The molecule has 0 saturated heterocycles. The van der Waals surface area contributed by atoms with Crippen LogP contribution in [0.1, 0.15) is 330 Å². The number of halogens is 1. The summed E-state index contributed by atoms with van der Waals surface area (Å²) in [5.41, 5.74) is 1.88. The van der Waals surface area contributed by atoms with E-state index in [1.807, 2.05) is 13.8 Å². The van der Waals surface area contributed by atoms with Gasteiger partial charge in [0.2, 0.25) is 21.8 Å². The van der Waals surface area contributed by atoms with E-state index in [0.717, 1.165) is 190 Å². The summed E-state index contributed by atoms with van der Waals surface area (Å²) in [6, 6.07) is 6.51. The van der Waals surface area contributed by atoms with Gasteiger partial charge in [-0.2, -0.15) is 0 Å². The number of carbonyl (C=O) groups excluding carboxylic acids is 3. The fourth-order valence-corrected chi connectivity index (χ4v) is 21.0. The summed E-state index contributed by atoms with van der Waals surface area (Å²) in [6.45, 7) is 26.9. The average Bonchev–Trinajstić information content (AvgIpc) is 0.776. The lowest BCUT2D eigenvalue weighted by Crippen LogP contribution is -2.51. The van der Waals surface area contributed by atoms with Gasteiger partial charge in [-0.3, -0.25) is 23.9 Å². The highest BCUT2D eigenvalue weighted by atomic mass is 32.2. The number of ether oxygens (including phenoxy) is 1. The first-order valence-corrected chi connectivity index (χ1v) is 39.3. The largest absolute Gasteiger partial charge is 0.481 e. The number of nitrogens with one attached hydrogen (secondary N) is 1. The summed E-state index contributed by atoms with van der Waals surface area (Å²) >= 11 is 0. The van der Waals surface area contributed by atoms with E-state index in [9.17, 15) is 47.0 Å². The lowest BCUT2D eigenvalue weighted by Gasteiger charge is -2.53. The van der Waals surface area contributed by atoms with Crippen molar-refractivity contribution in [2.75, 3.05) is 27.5 Å². The number of amides is 2. The van der Waals surface area contributed by atoms with Crippen molar-refractivity contribution in [2.24, 2.45) is 78.8 Å². The van der Waals surface area contributed by atoms with Gasteiger partial charge in [-0.1, -0.05) is 95.2 Å². The molecule has 15 fully saturated rings. The van der Waals surface area contributed by atoms with Gasteiger partial charge in [0.05, 0.1) is 46.7 Å². The Morgan fingerprint density at radius 3 is 1.02 bits per heavy atom. The highest BCUT2D eigenvalue weighted by Crippen LogP contribution is 2.63. The maximum Gasteiger partial charge on any atom is 0.335 e. The molecule has 2 amide bonds. The van der Waals surface area contributed by atoms with Crippen LogP contribution in [0.3, 0.4) is 0 Å². The maximum absolute atomic E-state index is 13.8. The van der Waals surface area contributed by atoms with E-state index in [1.165, 1.54) is 89.9 Å². The maximum atomic E-state index is 13.8. The molecule has 1 aromatic rings. The van der Waals surface area contributed by atoms with Gasteiger partial charge in [-0.05, 0) is 305 Å². The van der Waals surface area contributed by atoms with Gasteiger partial charge in [0.15, 0.2) is 0 Å². The van der Waals surface area contributed by atoms with Gasteiger partial charge in [-0.25, -0.2) is 17.6 Å². The van der Waals surface area contributed by atoms with Gasteiger partial charge in [0.1, 0.15) is 5.67 Å². The molecule has 15 aliphatic carbocycles. The number of hydrogen-bond donors (Lipinski definition) is 4.